The van der Waals surface area contributed by atoms with Gasteiger partial charge in [0, 0.05) is 37.6 Å². The molecule has 1 saturated heterocycles. The quantitative estimate of drug-likeness (QED) is 0.932. The largest absolute Gasteiger partial charge is 0.379 e. The van der Waals surface area contributed by atoms with Gasteiger partial charge in [-0.3, -0.25) is 14.7 Å². The Balaban J connectivity index is 1.61. The second-order valence-electron chi connectivity index (χ2n) is 5.13. The average molecular weight is 285 g/mol. The van der Waals surface area contributed by atoms with Crippen molar-refractivity contribution in [1.29, 1.82) is 0 Å². The zero-order chi connectivity index (χ0) is 14.5. The van der Waals surface area contributed by atoms with Crippen molar-refractivity contribution in [3.05, 3.63) is 36.5 Å². The summed E-state index contributed by atoms with van der Waals surface area (Å²) in [5.74, 6) is 0.0274. The molecule has 0 radical (unpaired) electrons. The number of anilines is 1. The van der Waals surface area contributed by atoms with Gasteiger partial charge in [0.25, 0.3) is 0 Å². The molecule has 3 rings (SSSR count). The molecular formula is C16H19N3O2. The monoisotopic (exact) mass is 285 g/mol. The summed E-state index contributed by atoms with van der Waals surface area (Å²) < 4.78 is 5.30. The first-order valence-corrected chi connectivity index (χ1v) is 7.26. The summed E-state index contributed by atoms with van der Waals surface area (Å²) in [4.78, 5) is 18.7. The molecule has 0 atom stereocenters. The van der Waals surface area contributed by atoms with E-state index in [1.165, 1.54) is 0 Å². The van der Waals surface area contributed by atoms with Crippen LogP contribution in [0.15, 0.2) is 36.5 Å². The average Bonchev–Trinajstić information content (AvgIpc) is 2.54. The van der Waals surface area contributed by atoms with Crippen molar-refractivity contribution in [2.24, 2.45) is 0 Å². The van der Waals surface area contributed by atoms with Crippen LogP contribution in [0, 0.1) is 0 Å². The molecule has 0 spiro atoms. The van der Waals surface area contributed by atoms with Crippen LogP contribution in [0.1, 0.15) is 6.42 Å². The Morgan fingerprint density at radius 2 is 2.05 bits per heavy atom. The molecular weight excluding hydrogens is 266 g/mol. The van der Waals surface area contributed by atoms with Crippen molar-refractivity contribution < 1.29 is 9.53 Å². The van der Waals surface area contributed by atoms with Crippen LogP contribution >= 0.6 is 0 Å². The number of carbonyl (C=O) groups is 1. The molecule has 110 valence electrons. The lowest BCUT2D eigenvalue weighted by Crippen LogP contribution is -2.38. The van der Waals surface area contributed by atoms with E-state index in [2.05, 4.69) is 15.2 Å². The van der Waals surface area contributed by atoms with Crippen molar-refractivity contribution >= 4 is 22.5 Å². The van der Waals surface area contributed by atoms with E-state index in [1.807, 2.05) is 30.3 Å². The lowest BCUT2D eigenvalue weighted by Gasteiger charge is -2.26. The number of benzene rings is 1. The fourth-order valence-corrected chi connectivity index (χ4v) is 2.50. The summed E-state index contributed by atoms with van der Waals surface area (Å²) in [7, 11) is 0. The van der Waals surface area contributed by atoms with E-state index >= 15 is 0 Å². The first-order valence-electron chi connectivity index (χ1n) is 7.26. The van der Waals surface area contributed by atoms with Crippen LogP contribution in [0.25, 0.3) is 10.9 Å². The molecule has 0 saturated carbocycles. The lowest BCUT2D eigenvalue weighted by atomic mass is 10.2. The number of nitrogens with one attached hydrogen (secondary N) is 1. The molecule has 2 heterocycles. The van der Waals surface area contributed by atoms with Crippen molar-refractivity contribution in [1.82, 2.24) is 9.88 Å². The van der Waals surface area contributed by atoms with Crippen LogP contribution in [-0.2, 0) is 9.53 Å². The molecule has 5 heteroatoms. The molecule has 1 amide bonds. The van der Waals surface area contributed by atoms with Crippen molar-refractivity contribution in [2.75, 3.05) is 38.2 Å². The maximum absolute atomic E-state index is 12.1. The summed E-state index contributed by atoms with van der Waals surface area (Å²) in [5, 5.41) is 4.00. The Bertz CT molecular complexity index is 618. The summed E-state index contributed by atoms with van der Waals surface area (Å²) in [6.07, 6.45) is 2.23. The van der Waals surface area contributed by atoms with Crippen LogP contribution in [0.4, 0.5) is 5.69 Å². The van der Waals surface area contributed by atoms with Gasteiger partial charge in [0.05, 0.1) is 24.4 Å². The second-order valence-corrected chi connectivity index (χ2v) is 5.13. The van der Waals surface area contributed by atoms with Crippen LogP contribution in [0.5, 0.6) is 0 Å². The minimum Gasteiger partial charge on any atom is -0.379 e. The molecule has 0 bridgehead atoms. The zero-order valence-corrected chi connectivity index (χ0v) is 11.9. The number of hydrogen-bond acceptors (Lipinski definition) is 4. The number of amides is 1. The highest BCUT2D eigenvalue weighted by Gasteiger charge is 2.12. The van der Waals surface area contributed by atoms with Gasteiger partial charge in [0.1, 0.15) is 0 Å². The maximum Gasteiger partial charge on any atom is 0.225 e. The predicted octanol–water partition coefficient (Wildman–Crippen LogP) is 1.90. The van der Waals surface area contributed by atoms with Crippen molar-refractivity contribution in [3.8, 4) is 0 Å². The fourth-order valence-electron chi connectivity index (χ4n) is 2.50. The third-order valence-corrected chi connectivity index (χ3v) is 3.67. The summed E-state index contributed by atoms with van der Waals surface area (Å²) in [6, 6.07) is 9.70. The fraction of sp³-hybridized carbons (Fsp3) is 0.375. The minimum absolute atomic E-state index is 0.0274. The molecule has 2 aromatic rings. The van der Waals surface area contributed by atoms with E-state index in [-0.39, 0.29) is 5.91 Å². The van der Waals surface area contributed by atoms with E-state index in [1.54, 1.807) is 6.20 Å². The molecule has 21 heavy (non-hydrogen) atoms. The highest BCUT2D eigenvalue weighted by Crippen LogP contribution is 2.20. The first kappa shape index (κ1) is 14.0. The van der Waals surface area contributed by atoms with Gasteiger partial charge in [-0.25, -0.2) is 0 Å². The van der Waals surface area contributed by atoms with Crippen LogP contribution < -0.4 is 5.32 Å². The van der Waals surface area contributed by atoms with Crippen molar-refractivity contribution in [3.63, 3.8) is 0 Å². The number of morpholine rings is 1. The second kappa shape index (κ2) is 6.65. The Morgan fingerprint density at radius 3 is 2.90 bits per heavy atom. The number of pyridine rings is 1. The summed E-state index contributed by atoms with van der Waals surface area (Å²) in [5.41, 5.74) is 1.61. The number of rotatable bonds is 4. The lowest BCUT2D eigenvalue weighted by molar-refractivity contribution is -0.116. The molecule has 0 aliphatic carbocycles. The molecule has 1 aromatic heterocycles. The highest BCUT2D eigenvalue weighted by atomic mass is 16.5. The van der Waals surface area contributed by atoms with E-state index in [4.69, 9.17) is 4.74 Å². The van der Waals surface area contributed by atoms with E-state index < -0.39 is 0 Å². The molecule has 1 fully saturated rings. The predicted molar refractivity (Wildman–Crippen MR) is 82.2 cm³/mol. The van der Waals surface area contributed by atoms with Gasteiger partial charge in [-0.1, -0.05) is 18.2 Å². The Morgan fingerprint density at radius 1 is 1.24 bits per heavy atom. The Hall–Kier alpha value is -1.98. The van der Waals surface area contributed by atoms with Gasteiger partial charge in [-0.2, -0.15) is 0 Å². The summed E-state index contributed by atoms with van der Waals surface area (Å²) >= 11 is 0. The third-order valence-electron chi connectivity index (χ3n) is 3.67. The third kappa shape index (κ3) is 3.56. The van der Waals surface area contributed by atoms with E-state index in [9.17, 15) is 4.79 Å². The molecule has 1 aliphatic heterocycles. The SMILES string of the molecule is O=C(CCN1CCOCC1)Nc1cccc2cccnc12. The minimum atomic E-state index is 0.0274. The van der Waals surface area contributed by atoms with Gasteiger partial charge in [-0.05, 0) is 12.1 Å². The summed E-state index contributed by atoms with van der Waals surface area (Å²) in [6.45, 7) is 4.10. The number of carbonyl (C=O) groups excluding carboxylic acids is 1. The van der Waals surface area contributed by atoms with E-state index in [0.717, 1.165) is 49.4 Å². The first-order chi connectivity index (χ1) is 10.3. The van der Waals surface area contributed by atoms with Crippen LogP contribution in [-0.4, -0.2) is 48.6 Å². The maximum atomic E-state index is 12.1. The molecule has 0 unspecified atom stereocenters. The van der Waals surface area contributed by atoms with Gasteiger partial charge < -0.3 is 10.1 Å². The number of fused-ring (bicyclic) bond motifs is 1. The van der Waals surface area contributed by atoms with Gasteiger partial charge in [0.15, 0.2) is 0 Å². The number of hydrogen-bond donors (Lipinski definition) is 1. The standard InChI is InChI=1S/C16H19N3O2/c20-15(6-8-19-9-11-21-12-10-19)18-14-5-1-3-13-4-2-7-17-16(13)14/h1-5,7H,6,8-12H2,(H,18,20). The van der Waals surface area contributed by atoms with E-state index in [0.29, 0.717) is 6.42 Å². The molecule has 1 N–H and O–H groups in total. The van der Waals surface area contributed by atoms with Gasteiger partial charge in [-0.15, -0.1) is 0 Å². The van der Waals surface area contributed by atoms with Crippen LogP contribution in [0.3, 0.4) is 0 Å². The number of para-hydroxylation sites is 1. The zero-order valence-electron chi connectivity index (χ0n) is 11.9. The topological polar surface area (TPSA) is 54.5 Å². The molecule has 1 aromatic carbocycles. The smallest absolute Gasteiger partial charge is 0.225 e. The normalized spacial score (nSPS) is 16.0. The Kier molecular flexibility index (Phi) is 4.43. The molecule has 5 nitrogen and oxygen atoms in total. The van der Waals surface area contributed by atoms with Crippen molar-refractivity contribution in [2.45, 2.75) is 6.42 Å². The molecule has 1 aliphatic rings. The van der Waals surface area contributed by atoms with Gasteiger partial charge >= 0.3 is 0 Å². The highest BCUT2D eigenvalue weighted by molar-refractivity contribution is 6.00. The number of aromatic nitrogens is 1. The Labute approximate surface area is 123 Å². The number of ether oxygens (including phenoxy) is 1. The van der Waals surface area contributed by atoms with Crippen LogP contribution in [0.2, 0.25) is 0 Å². The van der Waals surface area contributed by atoms with Gasteiger partial charge in [0.2, 0.25) is 5.91 Å². The number of nitrogens with zero attached hydrogens (tertiary/aromatic N) is 2.